The average molecular weight is 1240 g/mol. The van der Waals surface area contributed by atoms with Gasteiger partial charge in [-0.3, -0.25) is 43.2 Å². The number of sulfonamides is 1. The first-order valence-electron chi connectivity index (χ1n) is 28.8. The fourth-order valence-corrected chi connectivity index (χ4v) is 11.9. The molecular weight excluding hydrogens is 1150 g/mol. The van der Waals surface area contributed by atoms with Crippen molar-refractivity contribution < 1.29 is 61.0 Å². The van der Waals surface area contributed by atoms with Crippen LogP contribution in [0.1, 0.15) is 132 Å². The van der Waals surface area contributed by atoms with Crippen LogP contribution >= 0.6 is 23.2 Å². The van der Waals surface area contributed by atoms with Gasteiger partial charge in [-0.2, -0.15) is 15.0 Å². The van der Waals surface area contributed by atoms with Gasteiger partial charge in [-0.05, 0) is 111 Å². The zero-order chi connectivity index (χ0) is 62.6. The maximum atomic E-state index is 14.3. The van der Waals surface area contributed by atoms with E-state index in [0.717, 1.165) is 17.7 Å². The Morgan fingerprint density at radius 3 is 2.04 bits per heavy atom. The van der Waals surface area contributed by atoms with Crippen LogP contribution in [0.15, 0.2) is 24.3 Å². The van der Waals surface area contributed by atoms with Crippen LogP contribution in [-0.4, -0.2) is 181 Å². The van der Waals surface area contributed by atoms with Crippen LogP contribution in [0.5, 0.6) is 0 Å². The highest BCUT2D eigenvalue weighted by atomic mass is 35.5. The predicted octanol–water partition coefficient (Wildman–Crippen LogP) is 5.06. The number of hydrogen-bond donors (Lipinski definition) is 6. The zero-order valence-corrected chi connectivity index (χ0v) is 52.8. The van der Waals surface area contributed by atoms with Crippen molar-refractivity contribution in [1.82, 2.24) is 50.3 Å². The number of benzene rings is 1. The van der Waals surface area contributed by atoms with E-state index < -0.39 is 112 Å². The Bertz CT molecular complexity index is 2650. The van der Waals surface area contributed by atoms with Gasteiger partial charge in [0.15, 0.2) is 0 Å². The minimum absolute atomic E-state index is 0.0206. The van der Waals surface area contributed by atoms with Gasteiger partial charge < -0.3 is 50.6 Å². The molecular formula is C56H88Cl2N12O13S. The number of rotatable bonds is 34. The standard InChI is InChI=1S/C56H88Cl2N12O13S/c1-13-34(6)47(42(81-11)29-44(72)70-27-17-18-41(70)48(82-12)35(7)49(74)63-40(28-32(2)3)51(76)67-84(79,80)39-24-25-39)68(9)45(73)30-60-52(77)46(33(4)5)69(10)56(78)83-31-37-20-22-38(23-21-37)62-50(75)36(8)61-43(71)19-15-14-16-26-59-55-65-53(57)64-54(58)66-55/h20-23,32-36,39-42,46-48H,13-19,24-31H2,1-12H3,(H,60,77)(H,61,71)(H,62,75)(H,63,74)(H,67,76)(H,59,64,65,66)/t34-,35+,36-,40-,41-,42+,46?,47-,48+/m0/s1. The van der Waals surface area contributed by atoms with Crippen molar-refractivity contribution >= 4 is 92.3 Å². The van der Waals surface area contributed by atoms with E-state index >= 15 is 0 Å². The maximum absolute atomic E-state index is 14.3. The number of methoxy groups -OCH3 is 2. The van der Waals surface area contributed by atoms with Crippen molar-refractivity contribution in [2.75, 3.05) is 58.6 Å². The van der Waals surface area contributed by atoms with E-state index in [-0.39, 0.29) is 66.0 Å². The quantitative estimate of drug-likeness (QED) is 0.0499. The number of aromatic nitrogens is 3. The van der Waals surface area contributed by atoms with Crippen LogP contribution in [-0.2, 0) is 64.4 Å². The van der Waals surface area contributed by atoms with Crippen molar-refractivity contribution in [2.24, 2.45) is 23.7 Å². The Labute approximate surface area is 504 Å². The Balaban J connectivity index is 1.26. The molecule has 8 amide bonds. The summed E-state index contributed by atoms with van der Waals surface area (Å²) < 4.78 is 44.8. The van der Waals surface area contributed by atoms with Crippen LogP contribution in [0.2, 0.25) is 10.6 Å². The lowest BCUT2D eigenvalue weighted by Crippen LogP contribution is -2.56. The molecule has 1 aromatic heterocycles. The number of amides is 8. The SMILES string of the molecule is CC[C@H](C)[C@@H]([C@@H](CC(=O)N1CCC[C@H]1[C@H](OC)[C@@H](C)C(=O)N[C@@H](CC(C)C)C(=O)NS(=O)(=O)C1CC1)OC)N(C)C(=O)CNC(=O)C(C(C)C)N(C)C(=O)OCc1ccc(NC(=O)[C@H](C)NC(=O)CCCCCNc2nc(Cl)nc(Cl)n2)cc1. The second-order valence-corrected chi connectivity index (χ2v) is 25.2. The normalized spacial score (nSPS) is 17.1. The molecule has 25 nitrogen and oxygen atoms in total. The molecule has 9 atom stereocenters. The molecule has 28 heteroatoms. The Morgan fingerprint density at radius 1 is 0.798 bits per heavy atom. The number of halogens is 2. The van der Waals surface area contributed by atoms with Gasteiger partial charge in [0.1, 0.15) is 24.7 Å². The fraction of sp³-hybridized carbons (Fsp3) is 0.696. The molecule has 0 radical (unpaired) electrons. The molecule has 1 saturated carbocycles. The second-order valence-electron chi connectivity index (χ2n) is 22.5. The summed E-state index contributed by atoms with van der Waals surface area (Å²) in [6, 6.07) is 2.46. The summed E-state index contributed by atoms with van der Waals surface area (Å²) in [6.45, 7) is 14.7. The van der Waals surface area contributed by atoms with Crippen molar-refractivity contribution in [3.8, 4) is 0 Å². The molecule has 1 saturated heterocycles. The minimum atomic E-state index is -3.85. The molecule has 0 bridgehead atoms. The summed E-state index contributed by atoms with van der Waals surface area (Å²) >= 11 is 11.6. The van der Waals surface area contributed by atoms with Crippen molar-refractivity contribution in [3.63, 3.8) is 0 Å². The van der Waals surface area contributed by atoms with Crippen molar-refractivity contribution in [1.29, 1.82) is 0 Å². The summed E-state index contributed by atoms with van der Waals surface area (Å²) in [5.41, 5.74) is 1.04. The lowest BCUT2D eigenvalue weighted by Gasteiger charge is -2.39. The van der Waals surface area contributed by atoms with Gasteiger partial charge >= 0.3 is 6.09 Å². The molecule has 1 aliphatic heterocycles. The Hall–Kier alpha value is -5.96. The lowest BCUT2D eigenvalue weighted by atomic mass is 9.90. The summed E-state index contributed by atoms with van der Waals surface area (Å²) in [5, 5.41) is 13.3. The number of hydrogen-bond acceptors (Lipinski definition) is 17. The highest BCUT2D eigenvalue weighted by Gasteiger charge is 2.44. The highest BCUT2D eigenvalue weighted by molar-refractivity contribution is 7.90. The number of carbonyl (C=O) groups excluding carboxylic acids is 8. The van der Waals surface area contributed by atoms with Gasteiger partial charge in [0.05, 0.1) is 48.4 Å². The third kappa shape index (κ3) is 21.5. The van der Waals surface area contributed by atoms with E-state index in [2.05, 4.69) is 46.3 Å². The molecule has 2 heterocycles. The Kier molecular flexibility index (Phi) is 28.3. The van der Waals surface area contributed by atoms with E-state index in [4.69, 9.17) is 37.4 Å². The molecule has 1 aromatic carbocycles. The van der Waals surface area contributed by atoms with Crippen LogP contribution in [0.3, 0.4) is 0 Å². The largest absolute Gasteiger partial charge is 0.445 e. The molecule has 1 aliphatic carbocycles. The van der Waals surface area contributed by atoms with Gasteiger partial charge in [-0.15, -0.1) is 0 Å². The van der Waals surface area contributed by atoms with Crippen LogP contribution in [0.4, 0.5) is 16.4 Å². The summed E-state index contributed by atoms with van der Waals surface area (Å²) in [5.74, 6) is -4.59. The van der Waals surface area contributed by atoms with E-state index in [1.165, 1.54) is 26.2 Å². The molecule has 2 fully saturated rings. The third-order valence-electron chi connectivity index (χ3n) is 15.2. The summed E-state index contributed by atoms with van der Waals surface area (Å²) in [4.78, 5) is 124. The number of nitrogens with zero attached hydrogens (tertiary/aromatic N) is 6. The van der Waals surface area contributed by atoms with Crippen LogP contribution in [0.25, 0.3) is 0 Å². The van der Waals surface area contributed by atoms with Gasteiger partial charge in [-0.1, -0.05) is 73.4 Å². The van der Waals surface area contributed by atoms with E-state index in [1.54, 1.807) is 63.9 Å². The first kappa shape index (κ1) is 70.5. The molecule has 1 unspecified atom stereocenters. The van der Waals surface area contributed by atoms with Gasteiger partial charge in [-0.25, -0.2) is 13.2 Å². The number of nitrogens with one attached hydrogen (secondary N) is 6. The Morgan fingerprint density at radius 2 is 1.45 bits per heavy atom. The number of carbonyl (C=O) groups is 8. The smallest absolute Gasteiger partial charge is 0.410 e. The number of likely N-dealkylation sites (N-methyl/N-ethyl adjacent to an activating group) is 2. The summed E-state index contributed by atoms with van der Waals surface area (Å²) in [7, 11) is 2.08. The maximum Gasteiger partial charge on any atom is 0.410 e. The van der Waals surface area contributed by atoms with E-state index in [0.29, 0.717) is 62.9 Å². The molecule has 2 aromatic rings. The lowest BCUT2D eigenvalue weighted by molar-refractivity contribution is -0.146. The molecule has 470 valence electrons. The summed E-state index contributed by atoms with van der Waals surface area (Å²) in [6.07, 6.45) is 2.68. The van der Waals surface area contributed by atoms with Crippen molar-refractivity contribution in [3.05, 3.63) is 40.4 Å². The van der Waals surface area contributed by atoms with Crippen LogP contribution < -0.4 is 31.3 Å². The highest BCUT2D eigenvalue weighted by Crippen LogP contribution is 2.31. The van der Waals surface area contributed by atoms with Gasteiger partial charge in [0.25, 0.3) is 5.91 Å². The topological polar surface area (TPSA) is 319 Å². The minimum Gasteiger partial charge on any atom is -0.445 e. The molecule has 84 heavy (non-hydrogen) atoms. The number of anilines is 2. The molecule has 6 N–H and O–H groups in total. The first-order valence-corrected chi connectivity index (χ1v) is 31.1. The van der Waals surface area contributed by atoms with E-state index in [1.807, 2.05) is 27.7 Å². The first-order chi connectivity index (χ1) is 39.6. The number of ether oxygens (including phenoxy) is 3. The molecule has 4 rings (SSSR count). The van der Waals surface area contributed by atoms with Crippen LogP contribution in [0, 0.1) is 23.7 Å². The zero-order valence-electron chi connectivity index (χ0n) is 50.5. The van der Waals surface area contributed by atoms with E-state index in [9.17, 15) is 46.8 Å². The second kappa shape index (κ2) is 33.7. The average Bonchev–Trinajstić information content (AvgIpc) is 3.84. The monoisotopic (exact) mass is 1240 g/mol. The van der Waals surface area contributed by atoms with Gasteiger partial charge in [0.2, 0.25) is 62.0 Å². The fourth-order valence-electron chi connectivity index (χ4n) is 10.2. The number of unbranched alkanes of at least 4 members (excludes halogenated alkanes) is 2. The number of likely N-dealkylation sites (tertiary alicyclic amines) is 1. The predicted molar refractivity (Wildman–Crippen MR) is 317 cm³/mol. The molecule has 0 spiro atoms. The van der Waals surface area contributed by atoms with Gasteiger partial charge in [0, 0.05) is 53.5 Å². The van der Waals surface area contributed by atoms with Crippen molar-refractivity contribution in [2.45, 2.75) is 180 Å². The molecule has 2 aliphatic rings. The third-order valence-corrected chi connectivity index (χ3v) is 17.3.